The van der Waals surface area contributed by atoms with Gasteiger partial charge in [0.05, 0.1) is 5.02 Å². The summed E-state index contributed by atoms with van der Waals surface area (Å²) in [5.74, 6) is 3.06. The van der Waals surface area contributed by atoms with Gasteiger partial charge in [0.1, 0.15) is 5.82 Å². The van der Waals surface area contributed by atoms with Gasteiger partial charge in [-0.1, -0.05) is 24.6 Å². The van der Waals surface area contributed by atoms with E-state index in [1.165, 1.54) is 5.75 Å². The molecule has 2 rings (SSSR count). The number of rotatable bonds is 4. The first kappa shape index (κ1) is 16.0. The van der Waals surface area contributed by atoms with Gasteiger partial charge in [-0.3, -0.25) is 0 Å². The minimum atomic E-state index is -0.307. The fourth-order valence-electron chi connectivity index (χ4n) is 2.14. The van der Waals surface area contributed by atoms with Crippen LogP contribution in [-0.4, -0.2) is 29.1 Å². The monoisotopic (exact) mass is 383 g/mol. The normalized spacial score (nSPS) is 21.4. The summed E-state index contributed by atoms with van der Waals surface area (Å²) < 4.78 is 15.0. The lowest BCUT2D eigenvalue weighted by molar-refractivity contribution is 0.510. The van der Waals surface area contributed by atoms with Crippen molar-refractivity contribution in [1.29, 1.82) is 0 Å². The molecule has 1 aromatic rings. The lowest BCUT2D eigenvalue weighted by atomic mass is 10.0. The van der Waals surface area contributed by atoms with Crippen LogP contribution in [0.15, 0.2) is 16.6 Å². The van der Waals surface area contributed by atoms with Crippen molar-refractivity contribution < 1.29 is 4.39 Å². The predicted molar refractivity (Wildman–Crippen MR) is 89.1 cm³/mol. The van der Waals surface area contributed by atoms with Gasteiger partial charge in [-0.05, 0) is 28.5 Å². The number of hydrogen-bond donors (Lipinski definition) is 1. The van der Waals surface area contributed by atoms with Crippen LogP contribution in [0.1, 0.15) is 18.5 Å². The van der Waals surface area contributed by atoms with Gasteiger partial charge in [-0.25, -0.2) is 4.39 Å². The van der Waals surface area contributed by atoms with Crippen LogP contribution in [0.2, 0.25) is 5.02 Å². The summed E-state index contributed by atoms with van der Waals surface area (Å²) in [5, 5.41) is 3.98. The number of thioether (sulfide) groups is 2. The molecule has 1 nitrogen and oxygen atoms in total. The Morgan fingerprint density at radius 3 is 2.95 bits per heavy atom. The van der Waals surface area contributed by atoms with Crippen molar-refractivity contribution in [3.8, 4) is 0 Å². The van der Waals surface area contributed by atoms with Gasteiger partial charge in [-0.2, -0.15) is 23.5 Å². The first-order valence-corrected chi connectivity index (χ1v) is 9.58. The van der Waals surface area contributed by atoms with Crippen LogP contribution in [0.4, 0.5) is 4.39 Å². The zero-order chi connectivity index (χ0) is 13.8. The second-order valence-corrected chi connectivity index (χ2v) is 8.01. The predicted octanol–water partition coefficient (Wildman–Crippen LogP) is 4.74. The molecule has 0 aliphatic carbocycles. The van der Waals surface area contributed by atoms with Crippen LogP contribution in [0, 0.1) is 5.82 Å². The fraction of sp³-hybridized carbons (Fsp3) is 0.538. The molecule has 1 fully saturated rings. The summed E-state index contributed by atoms with van der Waals surface area (Å²) in [6.45, 7) is 2.87. The molecular formula is C13H16BrClFNS2. The SMILES string of the molecule is CCNC(c1ccc(Br)c(Cl)c1F)C1CSCCS1. The molecule has 1 heterocycles. The Bertz CT molecular complexity index is 441. The minimum absolute atomic E-state index is 0.0217. The number of hydrogen-bond acceptors (Lipinski definition) is 3. The molecule has 0 spiro atoms. The molecule has 2 atom stereocenters. The molecule has 0 aromatic heterocycles. The lowest BCUT2D eigenvalue weighted by Gasteiger charge is -2.31. The zero-order valence-electron chi connectivity index (χ0n) is 10.6. The summed E-state index contributed by atoms with van der Waals surface area (Å²) in [7, 11) is 0. The minimum Gasteiger partial charge on any atom is -0.309 e. The number of benzene rings is 1. The second-order valence-electron chi connectivity index (χ2n) is 4.28. The third kappa shape index (κ3) is 3.82. The van der Waals surface area contributed by atoms with E-state index in [1.54, 1.807) is 0 Å². The maximum atomic E-state index is 14.4. The molecule has 0 bridgehead atoms. The summed E-state index contributed by atoms with van der Waals surface area (Å²) in [6, 6.07) is 3.68. The molecule has 6 heteroatoms. The highest BCUT2D eigenvalue weighted by molar-refractivity contribution is 9.10. The summed E-state index contributed by atoms with van der Waals surface area (Å²) in [4.78, 5) is 0. The van der Waals surface area contributed by atoms with Gasteiger partial charge >= 0.3 is 0 Å². The van der Waals surface area contributed by atoms with E-state index in [0.29, 0.717) is 15.3 Å². The topological polar surface area (TPSA) is 12.0 Å². The standard InChI is InChI=1S/C13H16BrClFNS2/c1-2-17-13(10-7-18-5-6-19-10)8-3-4-9(14)11(15)12(8)16/h3-4,10,13,17H,2,5-7H2,1H3. The van der Waals surface area contributed by atoms with E-state index < -0.39 is 0 Å². The fourth-order valence-corrected chi connectivity index (χ4v) is 5.48. The molecule has 19 heavy (non-hydrogen) atoms. The van der Waals surface area contributed by atoms with Gasteiger partial charge in [0, 0.05) is 38.6 Å². The molecule has 2 unspecified atom stereocenters. The Balaban J connectivity index is 2.30. The Kier molecular flexibility index (Phi) is 6.34. The highest BCUT2D eigenvalue weighted by Crippen LogP contribution is 2.37. The van der Waals surface area contributed by atoms with Crippen molar-refractivity contribution in [3.05, 3.63) is 33.0 Å². The van der Waals surface area contributed by atoms with Crippen molar-refractivity contribution in [2.24, 2.45) is 0 Å². The Morgan fingerprint density at radius 2 is 2.32 bits per heavy atom. The highest BCUT2D eigenvalue weighted by atomic mass is 79.9. The summed E-state index contributed by atoms with van der Waals surface area (Å²) >= 11 is 13.1. The molecule has 0 amide bonds. The van der Waals surface area contributed by atoms with E-state index in [9.17, 15) is 4.39 Å². The highest BCUT2D eigenvalue weighted by Gasteiger charge is 2.28. The Hall–Kier alpha value is 0.580. The van der Waals surface area contributed by atoms with Crippen LogP contribution in [0.25, 0.3) is 0 Å². The van der Waals surface area contributed by atoms with E-state index >= 15 is 0 Å². The van der Waals surface area contributed by atoms with E-state index in [0.717, 1.165) is 18.1 Å². The van der Waals surface area contributed by atoms with Crippen molar-refractivity contribution in [3.63, 3.8) is 0 Å². The Morgan fingerprint density at radius 1 is 1.53 bits per heavy atom. The molecule has 1 saturated heterocycles. The molecule has 1 aromatic carbocycles. The third-order valence-corrected chi connectivity index (χ3v) is 7.16. The maximum Gasteiger partial charge on any atom is 0.147 e. The van der Waals surface area contributed by atoms with Crippen LogP contribution in [0.5, 0.6) is 0 Å². The molecule has 0 saturated carbocycles. The smallest absolute Gasteiger partial charge is 0.147 e. The maximum absolute atomic E-state index is 14.4. The largest absolute Gasteiger partial charge is 0.309 e. The number of halogens is 3. The van der Waals surface area contributed by atoms with E-state index in [4.69, 9.17) is 11.6 Å². The molecular weight excluding hydrogens is 369 g/mol. The number of nitrogens with one attached hydrogen (secondary N) is 1. The first-order valence-electron chi connectivity index (χ1n) is 6.21. The molecule has 1 aliphatic heterocycles. The van der Waals surface area contributed by atoms with Gasteiger partial charge in [-0.15, -0.1) is 0 Å². The van der Waals surface area contributed by atoms with Crippen LogP contribution in [0.3, 0.4) is 0 Å². The van der Waals surface area contributed by atoms with E-state index in [2.05, 4.69) is 21.2 Å². The zero-order valence-corrected chi connectivity index (χ0v) is 14.6. The van der Waals surface area contributed by atoms with Gasteiger partial charge in [0.15, 0.2) is 0 Å². The molecule has 1 N–H and O–H groups in total. The van der Waals surface area contributed by atoms with Crippen LogP contribution >= 0.6 is 51.1 Å². The van der Waals surface area contributed by atoms with Crippen molar-refractivity contribution in [1.82, 2.24) is 5.32 Å². The van der Waals surface area contributed by atoms with Crippen molar-refractivity contribution in [2.75, 3.05) is 23.8 Å². The second kappa shape index (κ2) is 7.55. The summed E-state index contributed by atoms with van der Waals surface area (Å²) in [5.41, 5.74) is 0.676. The van der Waals surface area contributed by atoms with Crippen LogP contribution in [-0.2, 0) is 0 Å². The molecule has 0 radical (unpaired) electrons. The van der Waals surface area contributed by atoms with E-state index in [1.807, 2.05) is 42.6 Å². The van der Waals surface area contributed by atoms with Gasteiger partial charge in [0.25, 0.3) is 0 Å². The molecule has 1 aliphatic rings. The quantitative estimate of drug-likeness (QED) is 0.753. The molecule has 106 valence electrons. The average molecular weight is 385 g/mol. The first-order chi connectivity index (χ1) is 9.15. The average Bonchev–Trinajstić information content (AvgIpc) is 2.44. The van der Waals surface area contributed by atoms with Crippen molar-refractivity contribution >= 4 is 51.1 Å². The lowest BCUT2D eigenvalue weighted by Crippen LogP contribution is -2.34. The van der Waals surface area contributed by atoms with Gasteiger partial charge < -0.3 is 5.32 Å². The summed E-state index contributed by atoms with van der Waals surface area (Å²) in [6.07, 6.45) is 0. The van der Waals surface area contributed by atoms with E-state index in [-0.39, 0.29) is 16.9 Å². The van der Waals surface area contributed by atoms with Gasteiger partial charge in [0.2, 0.25) is 0 Å². The van der Waals surface area contributed by atoms with Crippen LogP contribution < -0.4 is 5.32 Å². The Labute approximate surface area is 135 Å². The third-order valence-electron chi connectivity index (χ3n) is 3.04. The van der Waals surface area contributed by atoms with Crippen molar-refractivity contribution in [2.45, 2.75) is 18.2 Å².